The Bertz CT molecular complexity index is 71.1. The maximum Gasteiger partial charge on any atom is 0.0923 e. The molecule has 0 saturated carbocycles. The molecule has 0 bridgehead atoms. The quantitative estimate of drug-likeness (QED) is 0.294. The summed E-state index contributed by atoms with van der Waals surface area (Å²) in [6.45, 7) is 1.83. The zero-order valence-electron chi connectivity index (χ0n) is 4.80. The number of hydrogen-bond acceptors (Lipinski definition) is 2. The van der Waals surface area contributed by atoms with Crippen LogP contribution in [0.25, 0.3) is 0 Å². The minimum absolute atomic E-state index is 0. The van der Waals surface area contributed by atoms with Crippen LogP contribution in [0.5, 0.6) is 0 Å². The first kappa shape index (κ1) is 8.61. The van der Waals surface area contributed by atoms with Crippen molar-refractivity contribution in [3.63, 3.8) is 0 Å². The number of hydrogen-bond donors (Lipinski definition) is 1. The van der Waals surface area contributed by atoms with Crippen LogP contribution in [0.15, 0.2) is 0 Å². The van der Waals surface area contributed by atoms with E-state index in [9.17, 15) is 5.21 Å². The highest BCUT2D eigenvalue weighted by Gasteiger charge is 2.29. The van der Waals surface area contributed by atoms with E-state index >= 15 is 0 Å². The van der Waals surface area contributed by atoms with Gasteiger partial charge in [0.05, 0.1) is 12.6 Å². The number of halogens is 1. The predicted molar refractivity (Wildman–Crippen MR) is 26.6 cm³/mol. The van der Waals surface area contributed by atoms with Gasteiger partial charge in [-0.25, -0.2) is 0 Å². The first-order valence-corrected chi connectivity index (χ1v) is 2.48. The zero-order chi connectivity index (χ0) is 5.28. The molecule has 0 aromatic heterocycles. The number of nitrogens with two attached hydrogens (primary N) is 1. The summed E-state index contributed by atoms with van der Waals surface area (Å²) in [7, 11) is 2.02. The third kappa shape index (κ3) is 2.25. The van der Waals surface area contributed by atoms with Crippen molar-refractivity contribution in [3.8, 4) is 0 Å². The first-order valence-electron chi connectivity index (χ1n) is 2.48. The van der Waals surface area contributed by atoms with Crippen molar-refractivity contribution in [2.45, 2.75) is 6.04 Å². The van der Waals surface area contributed by atoms with E-state index in [0.717, 1.165) is 18.6 Å². The van der Waals surface area contributed by atoms with E-state index in [4.69, 9.17) is 0 Å². The smallest absolute Gasteiger partial charge is 0.0923 e. The number of hydroxylamine groups is 1. The van der Waals surface area contributed by atoms with Gasteiger partial charge in [0, 0.05) is 6.54 Å². The Morgan fingerprint density at radius 1 is 1.88 bits per heavy atom. The van der Waals surface area contributed by atoms with E-state index in [1.165, 1.54) is 0 Å². The van der Waals surface area contributed by atoms with E-state index in [1.54, 1.807) is 0 Å². The fourth-order valence-electron chi connectivity index (χ4n) is 0.651. The standard InChI is InChI=1S/C4H10N2O.HI/c1-6-3-4(6)2-5-7;/h4H,2-3,5H2,1H3;1H/p-1. The Balaban J connectivity index is 0.000000490. The van der Waals surface area contributed by atoms with Crippen LogP contribution in [-0.4, -0.2) is 31.1 Å². The van der Waals surface area contributed by atoms with Gasteiger partial charge in [0.1, 0.15) is 0 Å². The molecule has 0 aromatic carbocycles. The molecule has 0 amide bonds. The second-order valence-corrected chi connectivity index (χ2v) is 2.00. The van der Waals surface area contributed by atoms with Gasteiger partial charge in [-0.05, 0) is 7.05 Å². The lowest BCUT2D eigenvalue weighted by molar-refractivity contribution is -0.588. The van der Waals surface area contributed by atoms with Gasteiger partial charge in [-0.3, -0.25) is 4.90 Å². The van der Waals surface area contributed by atoms with Crippen molar-refractivity contribution in [2.75, 3.05) is 20.1 Å². The highest BCUT2D eigenvalue weighted by atomic mass is 127. The van der Waals surface area contributed by atoms with Crippen LogP contribution in [0.4, 0.5) is 0 Å². The van der Waals surface area contributed by atoms with Crippen LogP contribution in [0, 0.1) is 5.21 Å². The fourth-order valence-corrected chi connectivity index (χ4v) is 0.651. The van der Waals surface area contributed by atoms with Crippen molar-refractivity contribution in [1.82, 2.24) is 4.90 Å². The van der Waals surface area contributed by atoms with Crippen LogP contribution in [0.1, 0.15) is 0 Å². The Kier molecular flexibility index (Phi) is 3.87. The van der Waals surface area contributed by atoms with Gasteiger partial charge in [-0.15, -0.1) is 0 Å². The number of likely N-dealkylation sites (N-methyl/N-ethyl adjacent to an activating group) is 1. The number of nitrogens with zero attached hydrogens (tertiary/aromatic N) is 1. The van der Waals surface area contributed by atoms with Gasteiger partial charge >= 0.3 is 0 Å². The topological polar surface area (TPSA) is 42.7 Å². The lowest BCUT2D eigenvalue weighted by Crippen LogP contribution is -3.00. The lowest BCUT2D eigenvalue weighted by Gasteiger charge is -1.97. The van der Waals surface area contributed by atoms with Crippen molar-refractivity contribution in [1.29, 1.82) is 0 Å². The summed E-state index contributed by atoms with van der Waals surface area (Å²) in [4.78, 5) is 2.15. The molecule has 3 nitrogen and oxygen atoms in total. The van der Waals surface area contributed by atoms with Crippen molar-refractivity contribution in [3.05, 3.63) is 5.21 Å². The summed E-state index contributed by atoms with van der Waals surface area (Å²) in [5.74, 6) is 0. The predicted octanol–water partition coefficient (Wildman–Crippen LogP) is -4.63. The Labute approximate surface area is 66.0 Å². The molecule has 1 aliphatic rings. The molecule has 1 saturated heterocycles. The molecule has 2 unspecified atom stereocenters. The molecule has 0 aliphatic carbocycles. The molecular formula is C4H10IN2O-. The maximum absolute atomic E-state index is 9.77. The zero-order valence-corrected chi connectivity index (χ0v) is 6.96. The largest absolute Gasteiger partial charge is 1.00 e. The summed E-state index contributed by atoms with van der Waals surface area (Å²) in [5, 5.41) is 9.77. The van der Waals surface area contributed by atoms with Gasteiger partial charge in [-0.2, -0.15) is 0 Å². The molecule has 0 aromatic rings. The lowest BCUT2D eigenvalue weighted by atomic mass is 10.5. The van der Waals surface area contributed by atoms with Crippen LogP contribution >= 0.6 is 0 Å². The van der Waals surface area contributed by atoms with E-state index in [1.807, 2.05) is 7.05 Å². The van der Waals surface area contributed by atoms with Crippen LogP contribution < -0.4 is 29.5 Å². The molecule has 1 heterocycles. The first-order chi connectivity index (χ1) is 3.34. The molecule has 4 heteroatoms. The summed E-state index contributed by atoms with van der Waals surface area (Å²) in [5.41, 5.74) is 0.980. The molecule has 8 heavy (non-hydrogen) atoms. The van der Waals surface area contributed by atoms with E-state index in [0.29, 0.717) is 6.04 Å². The van der Waals surface area contributed by atoms with Gasteiger partial charge < -0.3 is 34.7 Å². The molecule has 2 N–H and O–H groups in total. The third-order valence-corrected chi connectivity index (χ3v) is 1.36. The minimum Gasteiger partial charge on any atom is -1.00 e. The molecule has 0 spiro atoms. The third-order valence-electron chi connectivity index (χ3n) is 1.36. The second-order valence-electron chi connectivity index (χ2n) is 2.00. The van der Waals surface area contributed by atoms with Gasteiger partial charge in [0.15, 0.2) is 0 Å². The molecular weight excluding hydrogens is 219 g/mol. The average Bonchev–Trinajstić information content (AvgIpc) is 2.22. The molecule has 1 aliphatic heterocycles. The Morgan fingerprint density at radius 2 is 2.38 bits per heavy atom. The van der Waals surface area contributed by atoms with Crippen molar-refractivity contribution in [2.24, 2.45) is 0 Å². The van der Waals surface area contributed by atoms with E-state index in [2.05, 4.69) is 4.90 Å². The van der Waals surface area contributed by atoms with Crippen molar-refractivity contribution >= 4 is 0 Å². The monoisotopic (exact) mass is 229 g/mol. The summed E-state index contributed by atoms with van der Waals surface area (Å²) in [6, 6.07) is 0.581. The second kappa shape index (κ2) is 3.60. The van der Waals surface area contributed by atoms with Crippen molar-refractivity contribution < 1.29 is 29.5 Å². The van der Waals surface area contributed by atoms with Crippen LogP contribution in [-0.2, 0) is 0 Å². The molecule has 50 valence electrons. The molecule has 2 atom stereocenters. The van der Waals surface area contributed by atoms with Gasteiger partial charge in [0.25, 0.3) is 0 Å². The maximum atomic E-state index is 9.77. The van der Waals surface area contributed by atoms with Crippen LogP contribution in [0.3, 0.4) is 0 Å². The number of rotatable bonds is 2. The van der Waals surface area contributed by atoms with Gasteiger partial charge in [0.2, 0.25) is 0 Å². The Morgan fingerprint density at radius 3 is 2.50 bits per heavy atom. The normalized spacial score (nSPS) is 33.8. The average molecular weight is 229 g/mol. The summed E-state index contributed by atoms with van der Waals surface area (Å²) in [6.07, 6.45) is 0. The fraction of sp³-hybridized carbons (Fsp3) is 1.00. The highest BCUT2D eigenvalue weighted by Crippen LogP contribution is 2.09. The van der Waals surface area contributed by atoms with E-state index in [-0.39, 0.29) is 24.0 Å². The minimum atomic E-state index is 0. The Hall–Kier alpha value is 0.610. The summed E-state index contributed by atoms with van der Waals surface area (Å²) < 4.78 is 0. The SMILES string of the molecule is CN1CC1C[NH2+][O-].[I-]. The molecule has 0 radical (unpaired) electrons. The number of quaternary nitrogens is 1. The van der Waals surface area contributed by atoms with Gasteiger partial charge in [-0.1, -0.05) is 0 Å². The van der Waals surface area contributed by atoms with E-state index < -0.39 is 0 Å². The summed E-state index contributed by atoms with van der Waals surface area (Å²) >= 11 is 0. The highest BCUT2D eigenvalue weighted by molar-refractivity contribution is 4.84. The van der Waals surface area contributed by atoms with Crippen LogP contribution in [0.2, 0.25) is 0 Å². The molecule has 1 rings (SSSR count). The molecule has 1 fully saturated rings.